The van der Waals surface area contributed by atoms with Crippen molar-refractivity contribution in [2.75, 3.05) is 40.4 Å². The molecule has 1 saturated heterocycles. The highest BCUT2D eigenvalue weighted by molar-refractivity contribution is 5.51. The van der Waals surface area contributed by atoms with E-state index in [4.69, 9.17) is 9.47 Å². The van der Waals surface area contributed by atoms with Gasteiger partial charge in [0.2, 0.25) is 0 Å². The summed E-state index contributed by atoms with van der Waals surface area (Å²) in [6.07, 6.45) is 3.40. The fourth-order valence-electron chi connectivity index (χ4n) is 3.80. The minimum Gasteiger partial charge on any atom is -0.493 e. The summed E-state index contributed by atoms with van der Waals surface area (Å²) in [7, 11) is 3.42. The molecule has 0 unspecified atom stereocenters. The molecular formula is C17H26N2O2. The Morgan fingerprint density at radius 3 is 2.43 bits per heavy atom. The molecule has 0 aliphatic carbocycles. The van der Waals surface area contributed by atoms with Gasteiger partial charge < -0.3 is 19.7 Å². The zero-order chi connectivity index (χ0) is 14.9. The standard InChI is InChI=1S/C17H26N2O2/c1-4-19-9-6-17(7-10-19)14-12-16(21-3)15(20-2)11-13(14)5-8-18-17/h11-12,18H,4-10H2,1-3H3. The molecule has 21 heavy (non-hydrogen) atoms. The molecule has 1 spiro atoms. The number of piperidine rings is 1. The Morgan fingerprint density at radius 2 is 1.81 bits per heavy atom. The third kappa shape index (κ3) is 2.51. The second kappa shape index (κ2) is 5.85. The van der Waals surface area contributed by atoms with Crippen LogP contribution in [0, 0.1) is 0 Å². The van der Waals surface area contributed by atoms with Gasteiger partial charge in [-0.3, -0.25) is 0 Å². The lowest BCUT2D eigenvalue weighted by molar-refractivity contribution is 0.133. The SMILES string of the molecule is CCN1CCC2(CC1)NCCc1cc(OC)c(OC)cc12. The van der Waals surface area contributed by atoms with Gasteiger partial charge in [0.1, 0.15) is 0 Å². The Bertz CT molecular complexity index is 508. The van der Waals surface area contributed by atoms with Crippen molar-refractivity contribution in [2.45, 2.75) is 31.7 Å². The van der Waals surface area contributed by atoms with Crippen molar-refractivity contribution >= 4 is 0 Å². The number of nitrogens with one attached hydrogen (secondary N) is 1. The molecule has 1 fully saturated rings. The van der Waals surface area contributed by atoms with Crippen molar-refractivity contribution in [2.24, 2.45) is 0 Å². The van der Waals surface area contributed by atoms with E-state index in [2.05, 4.69) is 29.3 Å². The van der Waals surface area contributed by atoms with E-state index in [0.717, 1.165) is 44.1 Å². The van der Waals surface area contributed by atoms with Gasteiger partial charge in [-0.1, -0.05) is 6.92 Å². The molecular weight excluding hydrogens is 264 g/mol. The van der Waals surface area contributed by atoms with Gasteiger partial charge in [-0.05, 0) is 49.1 Å². The van der Waals surface area contributed by atoms with E-state index in [0.29, 0.717) is 0 Å². The van der Waals surface area contributed by atoms with Crippen LogP contribution in [-0.4, -0.2) is 45.3 Å². The van der Waals surface area contributed by atoms with Crippen LogP contribution in [0.2, 0.25) is 0 Å². The van der Waals surface area contributed by atoms with Gasteiger partial charge in [0, 0.05) is 25.2 Å². The number of nitrogens with zero attached hydrogens (tertiary/aromatic N) is 1. The van der Waals surface area contributed by atoms with E-state index in [1.807, 2.05) is 0 Å². The van der Waals surface area contributed by atoms with Crippen molar-refractivity contribution in [3.05, 3.63) is 23.3 Å². The lowest BCUT2D eigenvalue weighted by Crippen LogP contribution is -2.54. The normalized spacial score (nSPS) is 21.1. The lowest BCUT2D eigenvalue weighted by atomic mass is 9.75. The van der Waals surface area contributed by atoms with Crippen molar-refractivity contribution in [3.63, 3.8) is 0 Å². The van der Waals surface area contributed by atoms with Gasteiger partial charge in [0.25, 0.3) is 0 Å². The fraction of sp³-hybridized carbons (Fsp3) is 0.647. The highest BCUT2D eigenvalue weighted by Gasteiger charge is 2.39. The van der Waals surface area contributed by atoms with Gasteiger partial charge >= 0.3 is 0 Å². The number of methoxy groups -OCH3 is 2. The van der Waals surface area contributed by atoms with Gasteiger partial charge in [0.15, 0.2) is 11.5 Å². The maximum Gasteiger partial charge on any atom is 0.161 e. The van der Waals surface area contributed by atoms with Crippen LogP contribution in [0.1, 0.15) is 30.9 Å². The number of fused-ring (bicyclic) bond motifs is 2. The predicted octanol–water partition coefficient (Wildman–Crippen LogP) is 2.16. The number of ether oxygens (including phenoxy) is 2. The highest BCUT2D eigenvalue weighted by atomic mass is 16.5. The molecule has 2 aliphatic rings. The third-order valence-corrected chi connectivity index (χ3v) is 5.14. The Balaban J connectivity index is 1.97. The molecule has 3 rings (SSSR count). The first-order valence-electron chi connectivity index (χ1n) is 7.95. The van der Waals surface area contributed by atoms with Crippen molar-refractivity contribution < 1.29 is 9.47 Å². The largest absolute Gasteiger partial charge is 0.493 e. The minimum absolute atomic E-state index is 0.124. The number of likely N-dealkylation sites (tertiary alicyclic amines) is 1. The van der Waals surface area contributed by atoms with Crippen LogP contribution in [-0.2, 0) is 12.0 Å². The Labute approximate surface area is 127 Å². The molecule has 0 aromatic heterocycles. The Morgan fingerprint density at radius 1 is 1.14 bits per heavy atom. The molecule has 4 nitrogen and oxygen atoms in total. The lowest BCUT2D eigenvalue weighted by Gasteiger charge is -2.46. The van der Waals surface area contributed by atoms with Crippen molar-refractivity contribution in [1.29, 1.82) is 0 Å². The zero-order valence-electron chi connectivity index (χ0n) is 13.4. The summed E-state index contributed by atoms with van der Waals surface area (Å²) in [5.41, 5.74) is 2.96. The molecule has 0 saturated carbocycles. The number of hydrogen-bond donors (Lipinski definition) is 1. The van der Waals surface area contributed by atoms with Crippen LogP contribution < -0.4 is 14.8 Å². The molecule has 1 aromatic carbocycles. The highest BCUT2D eigenvalue weighted by Crippen LogP contribution is 2.42. The van der Waals surface area contributed by atoms with Crippen LogP contribution in [0.25, 0.3) is 0 Å². The Hall–Kier alpha value is -1.26. The second-order valence-electron chi connectivity index (χ2n) is 6.06. The predicted molar refractivity (Wildman–Crippen MR) is 84.3 cm³/mol. The fourth-order valence-corrected chi connectivity index (χ4v) is 3.80. The molecule has 4 heteroatoms. The summed E-state index contributed by atoms with van der Waals surface area (Å²) < 4.78 is 11.0. The zero-order valence-corrected chi connectivity index (χ0v) is 13.4. The molecule has 116 valence electrons. The van der Waals surface area contributed by atoms with E-state index in [1.165, 1.54) is 24.0 Å². The van der Waals surface area contributed by atoms with E-state index >= 15 is 0 Å². The number of rotatable bonds is 3. The summed E-state index contributed by atoms with van der Waals surface area (Å²) in [5.74, 6) is 1.69. The number of benzene rings is 1. The third-order valence-electron chi connectivity index (χ3n) is 5.14. The second-order valence-corrected chi connectivity index (χ2v) is 6.06. The van der Waals surface area contributed by atoms with Crippen molar-refractivity contribution in [3.8, 4) is 11.5 Å². The van der Waals surface area contributed by atoms with Crippen molar-refractivity contribution in [1.82, 2.24) is 10.2 Å². The molecule has 0 amide bonds. The Kier molecular flexibility index (Phi) is 4.09. The molecule has 0 bridgehead atoms. The van der Waals surface area contributed by atoms with E-state index in [9.17, 15) is 0 Å². The summed E-state index contributed by atoms with van der Waals surface area (Å²) in [4.78, 5) is 2.53. The van der Waals surface area contributed by atoms with Gasteiger partial charge in [-0.15, -0.1) is 0 Å². The van der Waals surface area contributed by atoms with Gasteiger partial charge in [-0.25, -0.2) is 0 Å². The van der Waals surface area contributed by atoms with Gasteiger partial charge in [0.05, 0.1) is 14.2 Å². The molecule has 2 aliphatic heterocycles. The first kappa shape index (κ1) is 14.7. The average Bonchev–Trinajstić information content (AvgIpc) is 2.55. The summed E-state index contributed by atoms with van der Waals surface area (Å²) in [5, 5.41) is 3.80. The minimum atomic E-state index is 0.124. The number of hydrogen-bond acceptors (Lipinski definition) is 4. The average molecular weight is 290 g/mol. The molecule has 0 radical (unpaired) electrons. The summed E-state index contributed by atoms with van der Waals surface area (Å²) in [6, 6.07) is 4.37. The monoisotopic (exact) mass is 290 g/mol. The first-order chi connectivity index (χ1) is 10.2. The topological polar surface area (TPSA) is 33.7 Å². The van der Waals surface area contributed by atoms with Crippen LogP contribution in [0.5, 0.6) is 11.5 Å². The smallest absolute Gasteiger partial charge is 0.161 e. The van der Waals surface area contributed by atoms with E-state index in [-0.39, 0.29) is 5.54 Å². The van der Waals surface area contributed by atoms with Crippen LogP contribution in [0.3, 0.4) is 0 Å². The molecule has 1 aromatic rings. The van der Waals surface area contributed by atoms with Gasteiger partial charge in [-0.2, -0.15) is 0 Å². The van der Waals surface area contributed by atoms with E-state index in [1.54, 1.807) is 14.2 Å². The van der Waals surface area contributed by atoms with E-state index < -0.39 is 0 Å². The quantitative estimate of drug-likeness (QED) is 0.925. The molecule has 1 N–H and O–H groups in total. The van der Waals surface area contributed by atoms with Crippen LogP contribution in [0.15, 0.2) is 12.1 Å². The maximum atomic E-state index is 5.52. The molecule has 0 atom stereocenters. The maximum absolute atomic E-state index is 5.52. The summed E-state index contributed by atoms with van der Waals surface area (Å²) in [6.45, 7) is 6.77. The molecule has 2 heterocycles. The van der Waals surface area contributed by atoms with Crippen LogP contribution in [0.4, 0.5) is 0 Å². The first-order valence-corrected chi connectivity index (χ1v) is 7.95. The van der Waals surface area contributed by atoms with Crippen LogP contribution >= 0.6 is 0 Å². The summed E-state index contributed by atoms with van der Waals surface area (Å²) >= 11 is 0.